The van der Waals surface area contributed by atoms with E-state index in [2.05, 4.69) is 107 Å². The van der Waals surface area contributed by atoms with Crippen LogP contribution in [-0.2, 0) is 6.16 Å². The van der Waals surface area contributed by atoms with Crippen LogP contribution in [0.4, 0.5) is 5.69 Å². The van der Waals surface area contributed by atoms with Crippen LogP contribution in [0.15, 0.2) is 102 Å². The molecule has 2 nitrogen and oxygen atoms in total. The Kier molecular flexibility index (Phi) is 9.44. The van der Waals surface area contributed by atoms with Gasteiger partial charge >= 0.3 is 0 Å². The molecule has 0 unspecified atom stereocenters. The van der Waals surface area contributed by atoms with Crippen molar-refractivity contribution in [3.8, 4) is 0 Å². The Bertz CT molecular complexity index is 1240. The van der Waals surface area contributed by atoms with Crippen LogP contribution in [-0.4, -0.2) is 22.5 Å². The minimum atomic E-state index is -0.812. The quantitative estimate of drug-likeness (QED) is 0.159. The summed E-state index contributed by atoms with van der Waals surface area (Å²) in [5, 5.41) is 4.41. The summed E-state index contributed by atoms with van der Waals surface area (Å²) in [6, 6.07) is 33.6. The molecule has 5 heteroatoms. The molecular formula is C31H33ClN2P2. The molecule has 0 bridgehead atoms. The van der Waals surface area contributed by atoms with E-state index < -0.39 is 7.92 Å². The van der Waals surface area contributed by atoms with Crippen molar-refractivity contribution in [1.82, 2.24) is 4.98 Å². The average molecular weight is 531 g/mol. The summed E-state index contributed by atoms with van der Waals surface area (Å²) in [6.07, 6.45) is 2.94. The van der Waals surface area contributed by atoms with Gasteiger partial charge in [-0.25, -0.2) is 0 Å². The highest BCUT2D eigenvalue weighted by Crippen LogP contribution is 2.48. The fraction of sp³-hybridized carbons (Fsp3) is 0.226. The third kappa shape index (κ3) is 6.89. The molecule has 0 fully saturated rings. The molecule has 0 saturated carbocycles. The molecule has 3 aromatic carbocycles. The van der Waals surface area contributed by atoms with Crippen LogP contribution < -0.4 is 15.9 Å². The Hall–Kier alpha value is -2.37. The first-order valence-electron chi connectivity index (χ1n) is 12.4. The number of aromatic nitrogens is 1. The van der Waals surface area contributed by atoms with Gasteiger partial charge in [-0.3, -0.25) is 9.98 Å². The summed E-state index contributed by atoms with van der Waals surface area (Å²) in [4.78, 5) is 9.90. The van der Waals surface area contributed by atoms with Crippen LogP contribution in [0.5, 0.6) is 0 Å². The number of benzene rings is 3. The number of hydrogen-bond acceptors (Lipinski definition) is 2. The molecule has 0 aliphatic rings. The third-order valence-electron chi connectivity index (χ3n) is 6.04. The van der Waals surface area contributed by atoms with Crippen molar-refractivity contribution in [3.05, 3.63) is 113 Å². The molecule has 36 heavy (non-hydrogen) atoms. The maximum atomic E-state index is 6.52. The van der Waals surface area contributed by atoms with Gasteiger partial charge in [0.25, 0.3) is 0 Å². The molecule has 1 heterocycles. The van der Waals surface area contributed by atoms with Crippen LogP contribution in [0.3, 0.4) is 0 Å². The van der Waals surface area contributed by atoms with Gasteiger partial charge in [-0.2, -0.15) is 0 Å². The second-order valence-electron chi connectivity index (χ2n) is 9.31. The van der Waals surface area contributed by atoms with E-state index in [0.717, 1.165) is 33.6 Å². The first-order valence-corrected chi connectivity index (χ1v) is 15.8. The van der Waals surface area contributed by atoms with Crippen LogP contribution in [0.25, 0.3) is 0 Å². The van der Waals surface area contributed by atoms with Gasteiger partial charge in [-0.05, 0) is 60.2 Å². The van der Waals surface area contributed by atoms with E-state index >= 15 is 0 Å². The molecule has 0 aliphatic heterocycles. The Morgan fingerprint density at radius 3 is 1.97 bits per heavy atom. The minimum Gasteiger partial charge on any atom is -0.254 e. The highest BCUT2D eigenvalue weighted by molar-refractivity contribution is 7.80. The number of halogens is 1. The van der Waals surface area contributed by atoms with Gasteiger partial charge in [0.2, 0.25) is 0 Å². The molecule has 0 radical (unpaired) electrons. The highest BCUT2D eigenvalue weighted by Gasteiger charge is 2.20. The molecule has 184 valence electrons. The summed E-state index contributed by atoms with van der Waals surface area (Å²) in [7, 11) is -0.921. The van der Waals surface area contributed by atoms with Gasteiger partial charge in [0.05, 0.1) is 17.6 Å². The van der Waals surface area contributed by atoms with Crippen molar-refractivity contribution >= 4 is 55.3 Å². The van der Waals surface area contributed by atoms with Crippen molar-refractivity contribution in [2.24, 2.45) is 4.99 Å². The summed E-state index contributed by atoms with van der Waals surface area (Å²) < 4.78 is 0. The molecule has 0 saturated heterocycles. The predicted octanol–water partition coefficient (Wildman–Crippen LogP) is 8.04. The van der Waals surface area contributed by atoms with E-state index in [1.165, 1.54) is 10.6 Å². The van der Waals surface area contributed by atoms with E-state index in [-0.39, 0.29) is 7.92 Å². The van der Waals surface area contributed by atoms with E-state index in [4.69, 9.17) is 21.6 Å². The Morgan fingerprint density at radius 2 is 1.39 bits per heavy atom. The first-order chi connectivity index (χ1) is 17.4. The molecule has 4 rings (SSSR count). The molecule has 0 atom stereocenters. The zero-order valence-electron chi connectivity index (χ0n) is 21.3. The zero-order valence-corrected chi connectivity index (χ0v) is 23.9. The van der Waals surface area contributed by atoms with E-state index in [1.54, 1.807) is 0 Å². The van der Waals surface area contributed by atoms with Gasteiger partial charge < -0.3 is 0 Å². The molecule has 1 aromatic heterocycles. The van der Waals surface area contributed by atoms with Crippen LogP contribution in [0.2, 0.25) is 5.02 Å². The average Bonchev–Trinajstić information content (AvgIpc) is 2.88. The summed E-state index contributed by atoms with van der Waals surface area (Å²) in [5.74, 6) is 0. The smallest absolute Gasteiger partial charge is 0.0816 e. The Balaban J connectivity index is 1.70. The lowest BCUT2D eigenvalue weighted by molar-refractivity contribution is 0.986. The Morgan fingerprint density at radius 1 is 0.778 bits per heavy atom. The van der Waals surface area contributed by atoms with Crippen LogP contribution in [0, 0.1) is 0 Å². The Labute approximate surface area is 223 Å². The second-order valence-corrected chi connectivity index (χ2v) is 15.3. The van der Waals surface area contributed by atoms with Gasteiger partial charge in [0, 0.05) is 22.2 Å². The largest absolute Gasteiger partial charge is 0.254 e. The fourth-order valence-electron chi connectivity index (χ4n) is 4.31. The van der Waals surface area contributed by atoms with E-state index in [9.17, 15) is 0 Å². The second kappa shape index (κ2) is 12.7. The van der Waals surface area contributed by atoms with Crippen molar-refractivity contribution in [3.63, 3.8) is 0 Å². The van der Waals surface area contributed by atoms with Crippen molar-refractivity contribution in [1.29, 1.82) is 0 Å². The first kappa shape index (κ1) is 26.7. The lowest BCUT2D eigenvalue weighted by Crippen LogP contribution is -2.21. The molecule has 0 spiro atoms. The minimum absolute atomic E-state index is 0.109. The highest BCUT2D eigenvalue weighted by atomic mass is 35.5. The van der Waals surface area contributed by atoms with E-state index in [0.29, 0.717) is 11.3 Å². The van der Waals surface area contributed by atoms with Crippen LogP contribution in [0.1, 0.15) is 39.1 Å². The standard InChI is InChI=1S/C31H33ClN2P2/c1-23(2)35(24(3)4)22-27-13-11-12-26(34-27)21-33-30-19-18-25(32)20-31(30)36(28-14-7-5-8-15-28)29-16-9-6-10-17-29/h5-21,23-24H,22H2,1-4H3. The molecule has 0 N–H and O–H groups in total. The lowest BCUT2D eigenvalue weighted by Gasteiger charge is -2.25. The van der Waals surface area contributed by atoms with Crippen molar-refractivity contribution in [2.45, 2.75) is 45.2 Å². The summed E-state index contributed by atoms with van der Waals surface area (Å²) >= 11 is 6.52. The van der Waals surface area contributed by atoms with Gasteiger partial charge in [0.1, 0.15) is 0 Å². The molecular weight excluding hydrogens is 498 g/mol. The molecule has 4 aromatic rings. The van der Waals surface area contributed by atoms with Gasteiger partial charge in [-0.15, -0.1) is 0 Å². The number of pyridine rings is 1. The van der Waals surface area contributed by atoms with E-state index in [1.807, 2.05) is 24.4 Å². The van der Waals surface area contributed by atoms with Crippen LogP contribution >= 0.6 is 27.4 Å². The molecule has 0 amide bonds. The zero-order chi connectivity index (χ0) is 25.5. The SMILES string of the molecule is CC(C)P(Cc1cccc(C=Nc2ccc(Cl)cc2P(c2ccccc2)c2ccccc2)n1)C(C)C. The maximum absolute atomic E-state index is 6.52. The molecule has 0 aliphatic carbocycles. The van der Waals surface area contributed by atoms with Gasteiger partial charge in [-0.1, -0.05) is 114 Å². The fourth-order valence-corrected chi connectivity index (χ4v) is 9.45. The van der Waals surface area contributed by atoms with Crippen molar-refractivity contribution in [2.75, 3.05) is 0 Å². The topological polar surface area (TPSA) is 25.2 Å². The third-order valence-corrected chi connectivity index (χ3v) is 12.1. The maximum Gasteiger partial charge on any atom is 0.0816 e. The summed E-state index contributed by atoms with van der Waals surface area (Å²) in [5.41, 5.74) is 4.34. The predicted molar refractivity (Wildman–Crippen MR) is 163 cm³/mol. The van der Waals surface area contributed by atoms with Crippen molar-refractivity contribution < 1.29 is 0 Å². The normalized spacial score (nSPS) is 11.9. The number of nitrogens with zero attached hydrogens (tertiary/aromatic N) is 2. The number of rotatable bonds is 9. The monoisotopic (exact) mass is 530 g/mol. The summed E-state index contributed by atoms with van der Waals surface area (Å²) in [6.45, 7) is 9.32. The van der Waals surface area contributed by atoms with Gasteiger partial charge in [0.15, 0.2) is 0 Å². The number of aliphatic imine (C=N–C) groups is 1. The number of hydrogen-bond donors (Lipinski definition) is 0. The lowest BCUT2D eigenvalue weighted by atomic mass is 10.3.